The molecule has 1 heterocycles. The lowest BCUT2D eigenvalue weighted by atomic mass is 10.1. The fourth-order valence-electron chi connectivity index (χ4n) is 1.48. The van der Waals surface area contributed by atoms with Crippen molar-refractivity contribution in [1.29, 1.82) is 0 Å². The Labute approximate surface area is 55.4 Å². The molecular weight excluding hydrogens is 114 g/mol. The molecule has 1 saturated heterocycles. The van der Waals surface area contributed by atoms with Gasteiger partial charge in [-0.05, 0) is 25.2 Å². The maximum absolute atomic E-state index is 5.67. The van der Waals surface area contributed by atoms with Crippen LogP contribution in [0.2, 0.25) is 0 Å². The first kappa shape index (κ1) is 5.69. The summed E-state index contributed by atoms with van der Waals surface area (Å²) in [5, 5.41) is 0. The van der Waals surface area contributed by atoms with Crippen LogP contribution in [0.15, 0.2) is 0 Å². The Kier molecular flexibility index (Phi) is 1.24. The number of rotatable bonds is 1. The van der Waals surface area contributed by atoms with E-state index in [0.29, 0.717) is 12.1 Å². The summed E-state index contributed by atoms with van der Waals surface area (Å²) >= 11 is 0. The van der Waals surface area contributed by atoms with Gasteiger partial charge in [0.1, 0.15) is 0 Å². The van der Waals surface area contributed by atoms with E-state index < -0.39 is 0 Å². The minimum atomic E-state index is 0.329. The maximum Gasteiger partial charge on any atom is 0.0622 e. The van der Waals surface area contributed by atoms with Gasteiger partial charge in [0.25, 0.3) is 0 Å². The molecule has 0 aromatic rings. The van der Waals surface area contributed by atoms with Gasteiger partial charge in [-0.1, -0.05) is 0 Å². The molecule has 0 aromatic heterocycles. The monoisotopic (exact) mass is 127 g/mol. The lowest BCUT2D eigenvalue weighted by molar-refractivity contribution is 0.0930. The van der Waals surface area contributed by atoms with E-state index in [0.717, 1.165) is 18.9 Å². The molecule has 2 N–H and O–H groups in total. The molecule has 2 fully saturated rings. The van der Waals surface area contributed by atoms with Crippen molar-refractivity contribution in [2.75, 3.05) is 6.61 Å². The molecule has 2 heteroatoms. The largest absolute Gasteiger partial charge is 0.376 e. The second-order valence-electron chi connectivity index (χ2n) is 3.20. The maximum atomic E-state index is 5.67. The highest BCUT2D eigenvalue weighted by Crippen LogP contribution is 2.38. The Morgan fingerprint density at radius 2 is 2.11 bits per heavy atom. The van der Waals surface area contributed by atoms with Crippen LogP contribution in [0.5, 0.6) is 0 Å². The molecule has 9 heavy (non-hydrogen) atoms. The molecule has 0 unspecified atom stereocenters. The van der Waals surface area contributed by atoms with E-state index in [1.165, 1.54) is 12.8 Å². The van der Waals surface area contributed by atoms with Crippen molar-refractivity contribution >= 4 is 0 Å². The third kappa shape index (κ3) is 1.10. The van der Waals surface area contributed by atoms with E-state index >= 15 is 0 Å². The summed E-state index contributed by atoms with van der Waals surface area (Å²) in [7, 11) is 0. The zero-order valence-corrected chi connectivity index (χ0v) is 5.55. The van der Waals surface area contributed by atoms with Crippen molar-refractivity contribution in [3.8, 4) is 0 Å². The zero-order chi connectivity index (χ0) is 6.27. The van der Waals surface area contributed by atoms with E-state index in [9.17, 15) is 0 Å². The molecule has 0 bridgehead atoms. The summed E-state index contributed by atoms with van der Waals surface area (Å²) in [4.78, 5) is 0. The Morgan fingerprint density at radius 3 is 2.56 bits per heavy atom. The normalized spacial score (nSPS) is 43.7. The summed E-state index contributed by atoms with van der Waals surface area (Å²) in [6, 6.07) is 0.329. The van der Waals surface area contributed by atoms with Crippen molar-refractivity contribution in [3.05, 3.63) is 0 Å². The van der Waals surface area contributed by atoms with E-state index in [2.05, 4.69) is 0 Å². The predicted octanol–water partition coefficient (Wildman–Crippen LogP) is 0.513. The van der Waals surface area contributed by atoms with Crippen LogP contribution >= 0.6 is 0 Å². The Hall–Kier alpha value is -0.0800. The molecule has 1 aliphatic heterocycles. The fraction of sp³-hybridized carbons (Fsp3) is 1.00. The van der Waals surface area contributed by atoms with Gasteiger partial charge >= 0.3 is 0 Å². The van der Waals surface area contributed by atoms with Gasteiger partial charge in [0.15, 0.2) is 0 Å². The molecule has 1 saturated carbocycles. The van der Waals surface area contributed by atoms with Crippen LogP contribution < -0.4 is 5.73 Å². The molecule has 2 aliphatic rings. The Morgan fingerprint density at radius 1 is 1.33 bits per heavy atom. The summed E-state index contributed by atoms with van der Waals surface area (Å²) in [5.41, 5.74) is 5.67. The number of ether oxygens (including phenoxy) is 1. The molecule has 1 aliphatic carbocycles. The molecule has 2 atom stereocenters. The molecule has 2 rings (SSSR count). The van der Waals surface area contributed by atoms with Gasteiger partial charge in [-0.15, -0.1) is 0 Å². The summed E-state index contributed by atoms with van der Waals surface area (Å²) < 4.78 is 5.46. The number of nitrogens with two attached hydrogens (primary N) is 1. The first-order valence-electron chi connectivity index (χ1n) is 3.73. The topological polar surface area (TPSA) is 35.2 Å². The highest BCUT2D eigenvalue weighted by atomic mass is 16.5. The number of hydrogen-bond donors (Lipinski definition) is 1. The third-order valence-corrected chi connectivity index (χ3v) is 2.21. The van der Waals surface area contributed by atoms with Gasteiger partial charge in [-0.25, -0.2) is 0 Å². The molecular formula is C7H13NO. The van der Waals surface area contributed by atoms with Crippen LogP contribution in [0.1, 0.15) is 19.3 Å². The van der Waals surface area contributed by atoms with Crippen molar-refractivity contribution < 1.29 is 4.74 Å². The van der Waals surface area contributed by atoms with Gasteiger partial charge in [0, 0.05) is 6.04 Å². The predicted molar refractivity (Wildman–Crippen MR) is 35.1 cm³/mol. The summed E-state index contributed by atoms with van der Waals surface area (Å²) in [6.07, 6.45) is 4.37. The van der Waals surface area contributed by atoms with Gasteiger partial charge in [-0.2, -0.15) is 0 Å². The van der Waals surface area contributed by atoms with Crippen molar-refractivity contribution in [2.45, 2.75) is 31.4 Å². The first-order chi connectivity index (χ1) is 4.36. The Balaban J connectivity index is 1.86. The number of hydrogen-bond acceptors (Lipinski definition) is 2. The standard InChI is InChI=1S/C7H13NO/c8-6-3-7(9-4-6)5-1-2-5/h5-7H,1-4,8H2/t6-,7-/m0/s1. The Bertz CT molecular complexity index is 111. The second kappa shape index (κ2) is 1.96. The van der Waals surface area contributed by atoms with Crippen LogP contribution in [0, 0.1) is 5.92 Å². The molecule has 0 spiro atoms. The fourth-order valence-corrected chi connectivity index (χ4v) is 1.48. The van der Waals surface area contributed by atoms with Gasteiger partial charge < -0.3 is 10.5 Å². The van der Waals surface area contributed by atoms with Crippen LogP contribution in [0.4, 0.5) is 0 Å². The first-order valence-corrected chi connectivity index (χ1v) is 3.73. The molecule has 0 amide bonds. The second-order valence-corrected chi connectivity index (χ2v) is 3.20. The van der Waals surface area contributed by atoms with E-state index in [1.54, 1.807) is 0 Å². The molecule has 0 aromatic carbocycles. The van der Waals surface area contributed by atoms with Crippen LogP contribution in [-0.2, 0) is 4.74 Å². The average molecular weight is 127 g/mol. The lowest BCUT2D eigenvalue weighted by Crippen LogP contribution is -2.19. The smallest absolute Gasteiger partial charge is 0.0622 e. The highest BCUT2D eigenvalue weighted by Gasteiger charge is 2.36. The van der Waals surface area contributed by atoms with Gasteiger partial charge in [0.05, 0.1) is 12.7 Å². The minimum Gasteiger partial charge on any atom is -0.376 e. The quantitative estimate of drug-likeness (QED) is 0.557. The zero-order valence-electron chi connectivity index (χ0n) is 5.55. The van der Waals surface area contributed by atoms with Crippen LogP contribution in [0.25, 0.3) is 0 Å². The highest BCUT2D eigenvalue weighted by molar-refractivity contribution is 4.88. The van der Waals surface area contributed by atoms with E-state index in [4.69, 9.17) is 10.5 Å². The van der Waals surface area contributed by atoms with Gasteiger partial charge in [0.2, 0.25) is 0 Å². The lowest BCUT2D eigenvalue weighted by Gasteiger charge is -2.04. The molecule has 0 radical (unpaired) electrons. The summed E-state index contributed by atoms with van der Waals surface area (Å²) in [5.74, 6) is 0.874. The van der Waals surface area contributed by atoms with E-state index in [1.807, 2.05) is 0 Å². The minimum absolute atomic E-state index is 0.329. The third-order valence-electron chi connectivity index (χ3n) is 2.21. The van der Waals surface area contributed by atoms with Crippen molar-refractivity contribution in [3.63, 3.8) is 0 Å². The SMILES string of the molecule is N[C@@H]1CO[C@H](C2CC2)C1. The van der Waals surface area contributed by atoms with Crippen molar-refractivity contribution in [1.82, 2.24) is 0 Å². The van der Waals surface area contributed by atoms with Crippen molar-refractivity contribution in [2.24, 2.45) is 11.7 Å². The van der Waals surface area contributed by atoms with Crippen LogP contribution in [0.3, 0.4) is 0 Å². The summed E-state index contributed by atoms with van der Waals surface area (Å²) in [6.45, 7) is 0.793. The average Bonchev–Trinajstić information content (AvgIpc) is 2.58. The molecule has 2 nitrogen and oxygen atoms in total. The van der Waals surface area contributed by atoms with Crippen LogP contribution in [-0.4, -0.2) is 18.8 Å². The molecule has 52 valence electrons. The van der Waals surface area contributed by atoms with E-state index in [-0.39, 0.29) is 0 Å². The van der Waals surface area contributed by atoms with Gasteiger partial charge in [-0.3, -0.25) is 0 Å².